The molecular weight excluding hydrogens is 522 g/mol. The zero-order valence-corrected chi connectivity index (χ0v) is 23.3. The van der Waals surface area contributed by atoms with Gasteiger partial charge in [0.2, 0.25) is 0 Å². The Morgan fingerprint density at radius 2 is 0.953 bits per heavy atom. The van der Waals surface area contributed by atoms with Crippen molar-refractivity contribution in [2.45, 2.75) is 0 Å². The number of aromatic nitrogens is 3. The maximum atomic E-state index is 5.01. The van der Waals surface area contributed by atoms with Gasteiger partial charge in [-0.25, -0.2) is 0 Å². The van der Waals surface area contributed by atoms with E-state index in [4.69, 9.17) is 10.2 Å². The first-order valence-corrected chi connectivity index (χ1v) is 14.6. The fourth-order valence-corrected chi connectivity index (χ4v) is 6.71. The quantitative estimate of drug-likeness (QED) is 0.220. The Hall–Kier alpha value is -5.80. The molecule has 0 radical (unpaired) electrons. The van der Waals surface area contributed by atoms with Gasteiger partial charge in [0.25, 0.3) is 0 Å². The van der Waals surface area contributed by atoms with Gasteiger partial charge in [-0.2, -0.15) is 0 Å². The monoisotopic (exact) mass is 547 g/mol. The second-order valence-electron chi connectivity index (χ2n) is 11.1. The van der Waals surface area contributed by atoms with Crippen LogP contribution in [0.4, 0.5) is 0 Å². The molecule has 0 amide bonds. The molecule has 0 bridgehead atoms. The fraction of sp³-hybridized carbons (Fsp3) is 0. The third-order valence-electron chi connectivity index (χ3n) is 8.68. The first-order valence-electron chi connectivity index (χ1n) is 14.6. The molecule has 3 nitrogen and oxygen atoms in total. The van der Waals surface area contributed by atoms with Crippen LogP contribution in [0.5, 0.6) is 0 Å². The highest BCUT2D eigenvalue weighted by Gasteiger charge is 2.19. The van der Waals surface area contributed by atoms with Crippen LogP contribution < -0.4 is 0 Å². The van der Waals surface area contributed by atoms with Crippen LogP contribution >= 0.6 is 0 Å². The van der Waals surface area contributed by atoms with E-state index in [2.05, 4.69) is 156 Å². The number of nitrogens with zero attached hydrogens (tertiary/aromatic N) is 3. The van der Waals surface area contributed by atoms with Crippen molar-refractivity contribution in [3.63, 3.8) is 0 Å². The Balaban J connectivity index is 1.33. The molecule has 0 N–H and O–H groups in total. The Labute approximate surface area is 248 Å². The minimum atomic E-state index is 0.839. The normalized spacial score (nSPS) is 11.7. The van der Waals surface area contributed by atoms with E-state index in [9.17, 15) is 0 Å². The highest BCUT2D eigenvalue weighted by molar-refractivity contribution is 6.15. The molecule has 0 aliphatic rings. The Morgan fingerprint density at radius 3 is 1.74 bits per heavy atom. The van der Waals surface area contributed by atoms with Crippen LogP contribution in [-0.4, -0.2) is 14.8 Å². The van der Waals surface area contributed by atoms with Gasteiger partial charge in [-0.3, -0.25) is 4.57 Å². The van der Waals surface area contributed by atoms with Gasteiger partial charge >= 0.3 is 0 Å². The largest absolute Gasteiger partial charge is 0.292 e. The lowest BCUT2D eigenvalue weighted by atomic mass is 9.92. The van der Waals surface area contributed by atoms with Gasteiger partial charge in [0.15, 0.2) is 5.82 Å². The van der Waals surface area contributed by atoms with E-state index in [0.29, 0.717) is 0 Å². The summed E-state index contributed by atoms with van der Waals surface area (Å²) in [5.41, 5.74) is 6.64. The van der Waals surface area contributed by atoms with E-state index in [0.717, 1.165) is 38.9 Å². The molecule has 0 spiro atoms. The van der Waals surface area contributed by atoms with Crippen molar-refractivity contribution in [1.82, 2.24) is 14.8 Å². The van der Waals surface area contributed by atoms with Gasteiger partial charge in [0.05, 0.1) is 11.0 Å². The molecule has 0 saturated carbocycles. The number of hydrogen-bond donors (Lipinski definition) is 0. The number of hydrogen-bond acceptors (Lipinski definition) is 2. The molecule has 2 heterocycles. The third kappa shape index (κ3) is 3.62. The molecule has 0 unspecified atom stereocenters. The first kappa shape index (κ1) is 23.9. The lowest BCUT2D eigenvalue weighted by Gasteiger charge is -2.15. The second-order valence-corrected chi connectivity index (χ2v) is 11.1. The smallest absolute Gasteiger partial charge is 0.168 e. The molecule has 0 aliphatic carbocycles. The number of fused-ring (bicyclic) bond motifs is 6. The Kier molecular flexibility index (Phi) is 5.20. The maximum absolute atomic E-state index is 5.01. The van der Waals surface area contributed by atoms with Gasteiger partial charge in [0, 0.05) is 27.1 Å². The summed E-state index contributed by atoms with van der Waals surface area (Å²) in [4.78, 5) is 0. The molecule has 0 atom stereocenters. The number of benzene rings is 7. The van der Waals surface area contributed by atoms with Crippen LogP contribution in [0.15, 0.2) is 152 Å². The topological polar surface area (TPSA) is 30.7 Å². The zero-order valence-electron chi connectivity index (χ0n) is 23.3. The van der Waals surface area contributed by atoms with E-state index in [-0.39, 0.29) is 0 Å². The van der Waals surface area contributed by atoms with Gasteiger partial charge in [-0.05, 0) is 50.9 Å². The van der Waals surface area contributed by atoms with E-state index in [1.54, 1.807) is 0 Å². The van der Waals surface area contributed by atoms with E-state index in [1.165, 1.54) is 43.4 Å². The minimum absolute atomic E-state index is 0.839. The van der Waals surface area contributed by atoms with Crippen LogP contribution in [0.3, 0.4) is 0 Å². The van der Waals surface area contributed by atoms with Gasteiger partial charge in [-0.15, -0.1) is 10.2 Å². The molecule has 0 aliphatic heterocycles. The Bertz CT molecular complexity index is 2510. The van der Waals surface area contributed by atoms with Gasteiger partial charge in [0.1, 0.15) is 5.69 Å². The van der Waals surface area contributed by atoms with Crippen LogP contribution in [0.25, 0.3) is 82.3 Å². The summed E-state index contributed by atoms with van der Waals surface area (Å²) in [5, 5.41) is 19.4. The van der Waals surface area contributed by atoms with Crippen molar-refractivity contribution in [2.75, 3.05) is 0 Å². The molecule has 7 aromatic carbocycles. The summed E-state index contributed by atoms with van der Waals surface area (Å²) in [6.07, 6.45) is 0. The standard InChI is InChI=1S/C40H25N3/c1-2-12-26(13-3-1)29-22-23-34(31-17-7-6-16-30(29)31)39-33-19-8-9-20-35(33)40(42-41-39)43-37-21-11-10-18-32(37)36-24-27-14-4-5-15-28(27)25-38(36)43/h1-25H. The highest BCUT2D eigenvalue weighted by Crippen LogP contribution is 2.40. The summed E-state index contributed by atoms with van der Waals surface area (Å²) in [5.74, 6) is 0.839. The molecular formula is C40H25N3. The molecule has 0 saturated heterocycles. The lowest BCUT2D eigenvalue weighted by Crippen LogP contribution is -2.02. The summed E-state index contributed by atoms with van der Waals surface area (Å²) >= 11 is 0. The van der Waals surface area contributed by atoms with E-state index in [1.807, 2.05) is 0 Å². The van der Waals surface area contributed by atoms with Crippen molar-refractivity contribution >= 4 is 54.1 Å². The number of para-hydroxylation sites is 1. The molecule has 2 aromatic heterocycles. The predicted octanol–water partition coefficient (Wildman–Crippen LogP) is 10.4. The van der Waals surface area contributed by atoms with Crippen molar-refractivity contribution in [1.29, 1.82) is 0 Å². The molecule has 9 rings (SSSR count). The van der Waals surface area contributed by atoms with E-state index >= 15 is 0 Å². The van der Waals surface area contributed by atoms with E-state index < -0.39 is 0 Å². The van der Waals surface area contributed by atoms with Crippen molar-refractivity contribution in [3.05, 3.63) is 152 Å². The lowest BCUT2D eigenvalue weighted by molar-refractivity contribution is 0.978. The summed E-state index contributed by atoms with van der Waals surface area (Å²) in [6, 6.07) is 53.9. The number of rotatable bonds is 3. The summed E-state index contributed by atoms with van der Waals surface area (Å²) in [7, 11) is 0. The molecule has 9 aromatic rings. The van der Waals surface area contributed by atoms with Crippen LogP contribution in [0.2, 0.25) is 0 Å². The second kappa shape index (κ2) is 9.37. The van der Waals surface area contributed by atoms with Crippen molar-refractivity contribution in [2.24, 2.45) is 0 Å². The first-order chi connectivity index (χ1) is 21.3. The van der Waals surface area contributed by atoms with Gasteiger partial charge in [-0.1, -0.05) is 133 Å². The summed E-state index contributed by atoms with van der Waals surface area (Å²) < 4.78 is 2.28. The molecule has 0 fully saturated rings. The average Bonchev–Trinajstić information content (AvgIpc) is 3.39. The molecule has 43 heavy (non-hydrogen) atoms. The van der Waals surface area contributed by atoms with Gasteiger partial charge < -0.3 is 0 Å². The minimum Gasteiger partial charge on any atom is -0.292 e. The Morgan fingerprint density at radius 1 is 0.372 bits per heavy atom. The van der Waals surface area contributed by atoms with Crippen molar-refractivity contribution in [3.8, 4) is 28.2 Å². The predicted molar refractivity (Wildman–Crippen MR) is 180 cm³/mol. The SMILES string of the molecule is c1ccc(-c2ccc(-c3nnc(-n4c5ccccc5c5cc6ccccc6cc54)c4ccccc34)c3ccccc23)cc1. The van der Waals surface area contributed by atoms with Crippen LogP contribution in [0.1, 0.15) is 0 Å². The third-order valence-corrected chi connectivity index (χ3v) is 8.68. The average molecular weight is 548 g/mol. The highest BCUT2D eigenvalue weighted by atomic mass is 15.2. The fourth-order valence-electron chi connectivity index (χ4n) is 6.71. The van der Waals surface area contributed by atoms with Crippen LogP contribution in [0, 0.1) is 0 Å². The molecule has 3 heteroatoms. The summed E-state index contributed by atoms with van der Waals surface area (Å²) in [6.45, 7) is 0. The van der Waals surface area contributed by atoms with Crippen LogP contribution in [-0.2, 0) is 0 Å². The maximum Gasteiger partial charge on any atom is 0.168 e. The molecule has 200 valence electrons. The zero-order chi connectivity index (χ0) is 28.3. The van der Waals surface area contributed by atoms with Crippen molar-refractivity contribution < 1.29 is 0 Å².